The van der Waals surface area contributed by atoms with Crippen LogP contribution >= 0.6 is 0 Å². The highest BCUT2D eigenvalue weighted by Crippen LogP contribution is 2.75. The number of ketones is 1. The van der Waals surface area contributed by atoms with E-state index in [-0.39, 0.29) is 21.7 Å². The van der Waals surface area contributed by atoms with Crippen LogP contribution in [0.5, 0.6) is 0 Å². The Hall–Kier alpha value is -0.670. The standard InChI is InChI=1S/C31H52O3/c1-26(2,33)16-9-10-17-31(8,34)22-13-19-29(6)21(22)11-12-24-28(5)18-15-25(32)27(3,4)23(28)14-20-30(24,29)7/h9,16,21-24,33-34H,10-15,17-20H2,1-8H3. The van der Waals surface area contributed by atoms with Crippen molar-refractivity contribution in [3.63, 3.8) is 0 Å². The van der Waals surface area contributed by atoms with Crippen LogP contribution in [0.3, 0.4) is 0 Å². The van der Waals surface area contributed by atoms with Crippen molar-refractivity contribution in [2.75, 3.05) is 0 Å². The molecule has 2 N–H and O–H groups in total. The molecule has 3 nitrogen and oxygen atoms in total. The molecule has 0 bridgehead atoms. The Labute approximate surface area is 209 Å². The second kappa shape index (κ2) is 8.17. The van der Waals surface area contributed by atoms with Crippen LogP contribution in [0.15, 0.2) is 12.2 Å². The van der Waals surface area contributed by atoms with Crippen LogP contribution in [-0.4, -0.2) is 27.2 Å². The van der Waals surface area contributed by atoms with Crippen LogP contribution in [0.25, 0.3) is 0 Å². The average Bonchev–Trinajstić information content (AvgIpc) is 3.07. The van der Waals surface area contributed by atoms with Gasteiger partial charge in [0.25, 0.3) is 0 Å². The van der Waals surface area contributed by atoms with Gasteiger partial charge in [0.05, 0.1) is 11.2 Å². The molecule has 194 valence electrons. The molecule has 0 aromatic heterocycles. The number of hydrogen-bond acceptors (Lipinski definition) is 3. The number of aliphatic hydroxyl groups is 2. The van der Waals surface area contributed by atoms with Gasteiger partial charge in [0.15, 0.2) is 0 Å². The Balaban J connectivity index is 1.57. The van der Waals surface area contributed by atoms with Crippen molar-refractivity contribution in [1.29, 1.82) is 0 Å². The molecule has 4 saturated carbocycles. The molecule has 4 rings (SSSR count). The zero-order valence-corrected chi connectivity index (χ0v) is 23.3. The van der Waals surface area contributed by atoms with E-state index in [1.807, 2.05) is 12.2 Å². The molecule has 8 unspecified atom stereocenters. The van der Waals surface area contributed by atoms with Gasteiger partial charge in [-0.25, -0.2) is 0 Å². The van der Waals surface area contributed by atoms with E-state index in [2.05, 4.69) is 41.5 Å². The molecule has 3 heteroatoms. The van der Waals surface area contributed by atoms with E-state index in [0.29, 0.717) is 29.5 Å². The van der Waals surface area contributed by atoms with Crippen LogP contribution in [0.2, 0.25) is 0 Å². The average molecular weight is 473 g/mol. The van der Waals surface area contributed by atoms with E-state index in [1.54, 1.807) is 13.8 Å². The molecule has 0 spiro atoms. The van der Waals surface area contributed by atoms with Gasteiger partial charge in [-0.15, -0.1) is 0 Å². The van der Waals surface area contributed by atoms with Crippen molar-refractivity contribution >= 4 is 5.78 Å². The van der Waals surface area contributed by atoms with Crippen molar-refractivity contribution in [3.05, 3.63) is 12.2 Å². The lowest BCUT2D eigenvalue weighted by Gasteiger charge is -2.69. The Morgan fingerprint density at radius 2 is 1.53 bits per heavy atom. The smallest absolute Gasteiger partial charge is 0.138 e. The van der Waals surface area contributed by atoms with E-state index >= 15 is 0 Å². The fourth-order valence-corrected chi connectivity index (χ4v) is 10.2. The lowest BCUT2D eigenvalue weighted by atomic mass is 9.35. The second-order valence-corrected chi connectivity index (χ2v) is 14.9. The fraction of sp³-hybridized carbons (Fsp3) is 0.903. The van der Waals surface area contributed by atoms with Crippen molar-refractivity contribution in [3.8, 4) is 0 Å². The molecule has 4 aliphatic carbocycles. The molecule has 0 heterocycles. The zero-order chi connectivity index (χ0) is 25.4. The lowest BCUT2D eigenvalue weighted by molar-refractivity contribution is -0.207. The third-order valence-corrected chi connectivity index (χ3v) is 12.3. The summed E-state index contributed by atoms with van der Waals surface area (Å²) in [4.78, 5) is 12.9. The monoisotopic (exact) mass is 472 g/mol. The summed E-state index contributed by atoms with van der Waals surface area (Å²) in [5.74, 6) is 2.57. The first-order valence-corrected chi connectivity index (χ1v) is 14.1. The summed E-state index contributed by atoms with van der Waals surface area (Å²) in [5, 5.41) is 21.6. The van der Waals surface area contributed by atoms with E-state index in [9.17, 15) is 15.0 Å². The number of Topliss-reactive ketones (excluding diaryl/α,β-unsaturated/α-hetero) is 1. The van der Waals surface area contributed by atoms with E-state index in [4.69, 9.17) is 0 Å². The van der Waals surface area contributed by atoms with Crippen LogP contribution in [0.1, 0.15) is 120 Å². The molecule has 4 aliphatic rings. The fourth-order valence-electron chi connectivity index (χ4n) is 10.2. The molecule has 4 fully saturated rings. The van der Waals surface area contributed by atoms with Gasteiger partial charge in [-0.3, -0.25) is 4.79 Å². The highest BCUT2D eigenvalue weighted by Gasteiger charge is 2.69. The summed E-state index contributed by atoms with van der Waals surface area (Å²) in [6, 6.07) is 0. The Kier molecular flexibility index (Phi) is 6.34. The largest absolute Gasteiger partial charge is 0.390 e. The summed E-state index contributed by atoms with van der Waals surface area (Å²) < 4.78 is 0. The van der Waals surface area contributed by atoms with Crippen molar-refractivity contribution < 1.29 is 15.0 Å². The number of carbonyl (C=O) groups excluding carboxylic acids is 1. The quantitative estimate of drug-likeness (QED) is 0.420. The molecule has 0 saturated heterocycles. The molecule has 0 amide bonds. The summed E-state index contributed by atoms with van der Waals surface area (Å²) in [6.45, 7) is 17.8. The molecule has 0 aliphatic heterocycles. The van der Waals surface area contributed by atoms with Gasteiger partial charge in [-0.05, 0) is 118 Å². The van der Waals surface area contributed by atoms with Gasteiger partial charge in [-0.1, -0.05) is 46.8 Å². The second-order valence-electron chi connectivity index (χ2n) is 14.9. The summed E-state index contributed by atoms with van der Waals surface area (Å²) in [6.07, 6.45) is 14.5. The summed E-state index contributed by atoms with van der Waals surface area (Å²) in [5.41, 5.74) is -0.865. The predicted molar refractivity (Wildman–Crippen MR) is 139 cm³/mol. The number of allylic oxidation sites excluding steroid dienone is 1. The molecular formula is C31H52O3. The maximum absolute atomic E-state index is 12.9. The van der Waals surface area contributed by atoms with Gasteiger partial charge >= 0.3 is 0 Å². The molecule has 8 atom stereocenters. The molecule has 34 heavy (non-hydrogen) atoms. The normalized spacial score (nSPS) is 46.0. The number of carbonyl (C=O) groups is 1. The first-order chi connectivity index (χ1) is 15.5. The Morgan fingerprint density at radius 1 is 0.882 bits per heavy atom. The topological polar surface area (TPSA) is 57.5 Å². The van der Waals surface area contributed by atoms with Crippen molar-refractivity contribution in [2.45, 2.75) is 131 Å². The van der Waals surface area contributed by atoms with Crippen LogP contribution < -0.4 is 0 Å². The third kappa shape index (κ3) is 3.87. The maximum Gasteiger partial charge on any atom is 0.138 e. The summed E-state index contributed by atoms with van der Waals surface area (Å²) >= 11 is 0. The highest BCUT2D eigenvalue weighted by atomic mass is 16.3. The van der Waals surface area contributed by atoms with Gasteiger partial charge in [0, 0.05) is 11.8 Å². The van der Waals surface area contributed by atoms with Gasteiger partial charge in [0.2, 0.25) is 0 Å². The Morgan fingerprint density at radius 3 is 2.18 bits per heavy atom. The number of fused-ring (bicyclic) bond motifs is 5. The summed E-state index contributed by atoms with van der Waals surface area (Å²) in [7, 11) is 0. The van der Waals surface area contributed by atoms with Crippen LogP contribution in [0.4, 0.5) is 0 Å². The molecule has 0 radical (unpaired) electrons. The maximum atomic E-state index is 12.9. The number of hydrogen-bond donors (Lipinski definition) is 2. The minimum atomic E-state index is -0.794. The van der Waals surface area contributed by atoms with Crippen LogP contribution in [0, 0.1) is 45.3 Å². The van der Waals surface area contributed by atoms with Gasteiger partial charge in [-0.2, -0.15) is 0 Å². The van der Waals surface area contributed by atoms with E-state index < -0.39 is 11.2 Å². The molecule has 0 aromatic rings. The molecular weight excluding hydrogens is 420 g/mol. The minimum absolute atomic E-state index is 0.190. The first-order valence-electron chi connectivity index (χ1n) is 14.1. The lowest BCUT2D eigenvalue weighted by Crippen LogP contribution is -2.63. The molecule has 0 aromatic carbocycles. The van der Waals surface area contributed by atoms with Gasteiger partial charge in [0.1, 0.15) is 5.78 Å². The van der Waals surface area contributed by atoms with Crippen molar-refractivity contribution in [2.24, 2.45) is 45.3 Å². The van der Waals surface area contributed by atoms with Crippen LogP contribution in [-0.2, 0) is 4.79 Å². The van der Waals surface area contributed by atoms with E-state index in [0.717, 1.165) is 32.1 Å². The van der Waals surface area contributed by atoms with Crippen molar-refractivity contribution in [1.82, 2.24) is 0 Å². The minimum Gasteiger partial charge on any atom is -0.390 e. The highest BCUT2D eigenvalue weighted by molar-refractivity contribution is 5.85. The third-order valence-electron chi connectivity index (χ3n) is 12.3. The number of rotatable bonds is 5. The SMILES string of the molecule is CC(C)(O)C=CCCC(C)(O)C1CCC2(C)C1CCC1C3(C)CCC(=O)C(C)(C)C3CCC12C. The zero-order valence-electron chi connectivity index (χ0n) is 23.3. The van der Waals surface area contributed by atoms with E-state index in [1.165, 1.54) is 32.1 Å². The first kappa shape index (κ1) is 26.4. The predicted octanol–water partition coefficient (Wildman–Crippen LogP) is 7.10. The Bertz CT molecular complexity index is 832. The van der Waals surface area contributed by atoms with Gasteiger partial charge < -0.3 is 10.2 Å².